The maximum absolute atomic E-state index is 11.8. The quantitative estimate of drug-likeness (QED) is 0.529. The average Bonchev–Trinajstić information content (AvgIpc) is 2.89. The zero-order valence-corrected chi connectivity index (χ0v) is 19.5. The van der Waals surface area contributed by atoms with E-state index >= 15 is 0 Å². The van der Waals surface area contributed by atoms with Gasteiger partial charge < -0.3 is 25.1 Å². The molecule has 4 heterocycles. The summed E-state index contributed by atoms with van der Waals surface area (Å²) in [4.78, 5) is 23.4. The van der Waals surface area contributed by atoms with Crippen LogP contribution in [0.3, 0.4) is 0 Å². The second-order valence-electron chi connectivity index (χ2n) is 8.87. The number of nitrogens with one attached hydrogen (secondary N) is 2. The Hall–Kier alpha value is -3.71. The first-order valence-corrected chi connectivity index (χ1v) is 11.6. The van der Waals surface area contributed by atoms with Crippen molar-refractivity contribution >= 4 is 23.9 Å². The van der Waals surface area contributed by atoms with E-state index in [-0.39, 0.29) is 0 Å². The fraction of sp³-hybridized carbons (Fsp3) is 0.296. The molecule has 1 atom stereocenters. The molecule has 3 aromatic rings. The van der Waals surface area contributed by atoms with Gasteiger partial charge in [-0.25, -0.2) is 4.98 Å². The molecule has 34 heavy (non-hydrogen) atoms. The maximum atomic E-state index is 11.8. The number of methoxy groups -OCH3 is 1. The summed E-state index contributed by atoms with van der Waals surface area (Å²) in [6.45, 7) is 2.28. The molecule has 7 nitrogen and oxygen atoms in total. The summed E-state index contributed by atoms with van der Waals surface area (Å²) in [7, 11) is 3.82. The molecule has 7 heteroatoms. The van der Waals surface area contributed by atoms with Crippen molar-refractivity contribution < 1.29 is 9.53 Å². The smallest absolute Gasteiger partial charge is 0.146 e. The molecule has 174 valence electrons. The zero-order chi connectivity index (χ0) is 23.5. The highest BCUT2D eigenvalue weighted by Crippen LogP contribution is 2.36. The number of fused-ring (bicyclic) bond motifs is 1. The molecule has 0 spiro atoms. The summed E-state index contributed by atoms with van der Waals surface area (Å²) in [5.74, 6) is 1.94. The number of carbonyl (C=O) groups is 1. The van der Waals surface area contributed by atoms with Crippen LogP contribution in [-0.2, 0) is 4.79 Å². The van der Waals surface area contributed by atoms with Gasteiger partial charge in [-0.3, -0.25) is 4.98 Å². The van der Waals surface area contributed by atoms with E-state index in [1.165, 1.54) is 18.4 Å². The topological polar surface area (TPSA) is 79.4 Å². The number of piperidine rings is 1. The van der Waals surface area contributed by atoms with Gasteiger partial charge in [0.25, 0.3) is 0 Å². The molecular formula is C27H29N5O2. The van der Waals surface area contributed by atoms with Gasteiger partial charge in [-0.2, -0.15) is 0 Å². The van der Waals surface area contributed by atoms with Crippen LogP contribution < -0.4 is 15.4 Å². The lowest BCUT2D eigenvalue weighted by atomic mass is 9.89. The van der Waals surface area contributed by atoms with Gasteiger partial charge in [0.05, 0.1) is 18.4 Å². The molecule has 2 aliphatic heterocycles. The minimum Gasteiger partial charge on any atom is -0.496 e. The van der Waals surface area contributed by atoms with E-state index in [0.717, 1.165) is 47.4 Å². The van der Waals surface area contributed by atoms with Gasteiger partial charge >= 0.3 is 0 Å². The Balaban J connectivity index is 1.50. The van der Waals surface area contributed by atoms with Crippen molar-refractivity contribution in [3.8, 4) is 17.0 Å². The molecule has 1 unspecified atom stereocenters. The van der Waals surface area contributed by atoms with Gasteiger partial charge in [0.2, 0.25) is 0 Å². The van der Waals surface area contributed by atoms with Crippen LogP contribution in [0.1, 0.15) is 41.5 Å². The predicted octanol–water partition coefficient (Wildman–Crippen LogP) is 4.52. The number of ether oxygens (including phenoxy) is 1. The van der Waals surface area contributed by atoms with Crippen molar-refractivity contribution in [3.63, 3.8) is 0 Å². The highest BCUT2D eigenvalue weighted by atomic mass is 16.5. The van der Waals surface area contributed by atoms with Crippen molar-refractivity contribution in [2.45, 2.75) is 24.8 Å². The third-order valence-corrected chi connectivity index (χ3v) is 6.72. The third-order valence-electron chi connectivity index (χ3n) is 6.72. The van der Waals surface area contributed by atoms with E-state index in [2.05, 4.69) is 51.8 Å². The molecule has 0 bridgehead atoms. The summed E-state index contributed by atoms with van der Waals surface area (Å²) in [5.41, 5.74) is 5.58. The van der Waals surface area contributed by atoms with Crippen LogP contribution in [0.4, 0.5) is 11.5 Å². The first-order chi connectivity index (χ1) is 16.7. The Bertz CT molecular complexity index is 1200. The third kappa shape index (κ3) is 4.39. The number of pyridine rings is 2. The van der Waals surface area contributed by atoms with E-state index in [0.29, 0.717) is 17.5 Å². The molecule has 0 aliphatic carbocycles. The Kier molecular flexibility index (Phi) is 6.27. The fourth-order valence-electron chi connectivity index (χ4n) is 4.77. The Morgan fingerprint density at radius 2 is 1.97 bits per heavy atom. The molecule has 2 aromatic heterocycles. The van der Waals surface area contributed by atoms with Crippen molar-refractivity contribution in [2.24, 2.45) is 0 Å². The number of hydrogen-bond donors (Lipinski definition) is 2. The van der Waals surface area contributed by atoms with Crippen molar-refractivity contribution in [3.05, 3.63) is 71.7 Å². The second-order valence-corrected chi connectivity index (χ2v) is 8.87. The van der Waals surface area contributed by atoms with Gasteiger partial charge in [-0.15, -0.1) is 0 Å². The van der Waals surface area contributed by atoms with Gasteiger partial charge in [-0.1, -0.05) is 12.1 Å². The minimum absolute atomic E-state index is 0.474. The highest BCUT2D eigenvalue weighted by molar-refractivity contribution is 5.81. The number of hydrogen-bond acceptors (Lipinski definition) is 7. The highest BCUT2D eigenvalue weighted by Gasteiger charge is 2.24. The number of benzene rings is 1. The van der Waals surface area contributed by atoms with E-state index in [1.807, 2.05) is 18.2 Å². The normalized spacial score (nSPS) is 18.1. The van der Waals surface area contributed by atoms with E-state index in [1.54, 1.807) is 25.7 Å². The summed E-state index contributed by atoms with van der Waals surface area (Å²) < 4.78 is 5.53. The monoisotopic (exact) mass is 455 g/mol. The van der Waals surface area contributed by atoms with Crippen molar-refractivity contribution in [1.82, 2.24) is 20.2 Å². The molecule has 1 saturated heterocycles. The Morgan fingerprint density at radius 3 is 2.71 bits per heavy atom. The van der Waals surface area contributed by atoms with Crippen molar-refractivity contribution in [1.29, 1.82) is 0 Å². The molecule has 0 amide bonds. The number of nitrogens with zero attached hydrogens (tertiary/aromatic N) is 3. The van der Waals surface area contributed by atoms with Crippen LogP contribution in [-0.4, -0.2) is 48.4 Å². The lowest BCUT2D eigenvalue weighted by Gasteiger charge is -2.29. The minimum atomic E-state index is -0.474. The standard InChI is InChI=1S/C27H29N5O2/c1-32-13-9-19(10-14-32)18-3-5-21(6-4-18)30-27-26-20(7-12-29-24(26)17-33)15-23(31-27)22-16-28-11-8-25(22)34-2/h3-8,11-12,15-17,19,24,29H,9-10,13-14H2,1-2H3,(H,30,31). The summed E-state index contributed by atoms with van der Waals surface area (Å²) >= 11 is 0. The van der Waals surface area contributed by atoms with Crippen LogP contribution in [0.5, 0.6) is 5.75 Å². The number of carbonyl (C=O) groups excluding carboxylic acids is 1. The summed E-state index contributed by atoms with van der Waals surface area (Å²) in [6.07, 6.45) is 10.5. The lowest BCUT2D eigenvalue weighted by molar-refractivity contribution is -0.109. The largest absolute Gasteiger partial charge is 0.496 e. The molecule has 2 aliphatic rings. The zero-order valence-electron chi connectivity index (χ0n) is 19.5. The molecule has 5 rings (SSSR count). The average molecular weight is 456 g/mol. The van der Waals surface area contributed by atoms with Crippen LogP contribution in [0.15, 0.2) is 55.0 Å². The molecule has 1 fully saturated rings. The first-order valence-electron chi connectivity index (χ1n) is 11.6. The predicted molar refractivity (Wildman–Crippen MR) is 134 cm³/mol. The lowest BCUT2D eigenvalue weighted by Crippen LogP contribution is -2.29. The van der Waals surface area contributed by atoms with Gasteiger partial charge in [0.1, 0.15) is 23.9 Å². The summed E-state index contributed by atoms with van der Waals surface area (Å²) in [6, 6.07) is 11.9. The van der Waals surface area contributed by atoms with E-state index in [9.17, 15) is 4.79 Å². The number of anilines is 2. The fourth-order valence-corrected chi connectivity index (χ4v) is 4.77. The number of aldehydes is 1. The number of likely N-dealkylation sites (tertiary alicyclic amines) is 1. The van der Waals surface area contributed by atoms with Gasteiger partial charge in [-0.05, 0) is 86.6 Å². The van der Waals surface area contributed by atoms with Crippen LogP contribution in [0.25, 0.3) is 17.3 Å². The Morgan fingerprint density at radius 1 is 1.18 bits per heavy atom. The van der Waals surface area contributed by atoms with Crippen LogP contribution in [0, 0.1) is 0 Å². The van der Waals surface area contributed by atoms with Gasteiger partial charge in [0, 0.05) is 23.6 Å². The van der Waals surface area contributed by atoms with Crippen molar-refractivity contribution in [2.75, 3.05) is 32.6 Å². The maximum Gasteiger partial charge on any atom is 0.146 e. The molecule has 0 radical (unpaired) electrons. The Labute approximate surface area is 199 Å². The number of rotatable bonds is 6. The van der Waals surface area contributed by atoms with Crippen LogP contribution >= 0.6 is 0 Å². The van der Waals surface area contributed by atoms with E-state index in [4.69, 9.17) is 9.72 Å². The van der Waals surface area contributed by atoms with Crippen LogP contribution in [0.2, 0.25) is 0 Å². The second kappa shape index (κ2) is 9.65. The van der Waals surface area contributed by atoms with E-state index < -0.39 is 6.04 Å². The van der Waals surface area contributed by atoms with Gasteiger partial charge in [0.15, 0.2) is 0 Å². The molecule has 0 saturated carbocycles. The molecule has 1 aromatic carbocycles. The SMILES string of the molecule is COc1ccncc1-c1cc2c(c(Nc3ccc(C4CCN(C)CC4)cc3)n1)C(C=O)NC=C2. The first kappa shape index (κ1) is 22.1. The molecule has 2 N–H and O–H groups in total. The molecular weight excluding hydrogens is 426 g/mol. The summed E-state index contributed by atoms with van der Waals surface area (Å²) in [5, 5.41) is 6.59. The number of aromatic nitrogens is 2.